The third-order valence-electron chi connectivity index (χ3n) is 3.49. The van der Waals surface area contributed by atoms with Crippen LogP contribution in [-0.2, 0) is 10.0 Å². The van der Waals surface area contributed by atoms with Crippen molar-refractivity contribution in [3.8, 4) is 0 Å². The van der Waals surface area contributed by atoms with Gasteiger partial charge in [-0.2, -0.15) is 11.8 Å². The Bertz CT molecular complexity index is 552. The van der Waals surface area contributed by atoms with E-state index in [9.17, 15) is 8.42 Å². The highest BCUT2D eigenvalue weighted by atomic mass is 32.2. The summed E-state index contributed by atoms with van der Waals surface area (Å²) in [6.07, 6.45) is 4.50. The van der Waals surface area contributed by atoms with E-state index in [1.165, 1.54) is 17.1 Å². The lowest BCUT2D eigenvalue weighted by atomic mass is 10.3. The predicted molar refractivity (Wildman–Crippen MR) is 81.3 cm³/mol. The van der Waals surface area contributed by atoms with Crippen molar-refractivity contribution in [2.75, 3.05) is 32.2 Å². The molecule has 106 valence electrons. The number of hydrogen-bond donors (Lipinski definition) is 1. The highest BCUT2D eigenvalue weighted by Gasteiger charge is 2.41. The van der Waals surface area contributed by atoms with Crippen LogP contribution < -0.4 is 5.32 Å². The Morgan fingerprint density at radius 3 is 2.47 bits per heavy atom. The molecule has 0 aliphatic heterocycles. The van der Waals surface area contributed by atoms with E-state index < -0.39 is 10.0 Å². The first-order chi connectivity index (χ1) is 8.91. The molecular weight excluding hydrogens is 280 g/mol. The average molecular weight is 300 g/mol. The first-order valence-corrected chi connectivity index (χ1v) is 8.88. The first-order valence-electron chi connectivity index (χ1n) is 6.22. The van der Waals surface area contributed by atoms with Crippen molar-refractivity contribution in [1.82, 2.24) is 4.31 Å². The summed E-state index contributed by atoms with van der Waals surface area (Å²) in [6.45, 7) is 0.814. The summed E-state index contributed by atoms with van der Waals surface area (Å²) in [5, 5.41) is 3.30. The molecule has 1 N–H and O–H groups in total. The quantitative estimate of drug-likeness (QED) is 0.875. The van der Waals surface area contributed by atoms with E-state index in [1.54, 1.807) is 26.2 Å². The van der Waals surface area contributed by atoms with Gasteiger partial charge in [-0.05, 0) is 31.2 Å². The highest BCUT2D eigenvalue weighted by Crippen LogP contribution is 2.47. The third-order valence-corrected chi connectivity index (χ3v) is 6.78. The zero-order valence-corrected chi connectivity index (χ0v) is 13.1. The molecule has 0 aromatic heterocycles. The summed E-state index contributed by atoms with van der Waals surface area (Å²) in [7, 11) is -0.294. The molecule has 6 heteroatoms. The van der Waals surface area contributed by atoms with E-state index in [4.69, 9.17) is 0 Å². The lowest BCUT2D eigenvalue weighted by molar-refractivity contribution is 0.521. The summed E-state index contributed by atoms with van der Waals surface area (Å²) in [4.78, 5) is 0.344. The van der Waals surface area contributed by atoms with Crippen molar-refractivity contribution in [2.45, 2.75) is 22.5 Å². The minimum atomic E-state index is -3.40. The van der Waals surface area contributed by atoms with E-state index in [1.807, 2.05) is 23.9 Å². The zero-order valence-electron chi connectivity index (χ0n) is 11.5. The summed E-state index contributed by atoms with van der Waals surface area (Å²) in [6, 6.07) is 7.09. The number of anilines is 1. The van der Waals surface area contributed by atoms with E-state index in [-0.39, 0.29) is 0 Å². The van der Waals surface area contributed by atoms with Crippen LogP contribution in [0.5, 0.6) is 0 Å². The molecule has 1 aliphatic carbocycles. The van der Waals surface area contributed by atoms with E-state index in [2.05, 4.69) is 11.6 Å². The van der Waals surface area contributed by atoms with Gasteiger partial charge in [0.1, 0.15) is 4.90 Å². The number of benzene rings is 1. The topological polar surface area (TPSA) is 49.4 Å². The fourth-order valence-corrected chi connectivity index (χ4v) is 3.67. The van der Waals surface area contributed by atoms with Crippen LogP contribution >= 0.6 is 11.8 Å². The Kier molecular flexibility index (Phi) is 4.13. The lowest BCUT2D eigenvalue weighted by Crippen LogP contribution is -2.24. The predicted octanol–water partition coefficient (Wildman–Crippen LogP) is 2.24. The number of nitrogens with one attached hydrogen (secondary N) is 1. The largest absolute Gasteiger partial charge is 0.383 e. The summed E-state index contributed by atoms with van der Waals surface area (Å²) in [5.74, 6) is 0. The second kappa shape index (κ2) is 5.34. The highest BCUT2D eigenvalue weighted by molar-refractivity contribution is 8.00. The monoisotopic (exact) mass is 300 g/mol. The molecule has 0 saturated heterocycles. The standard InChI is InChI=1S/C13H20N2O2S2/c1-15(2)19(16,17)12-7-5-4-6-11(12)14-10-13(18-3)8-9-13/h4-7,14H,8-10H2,1-3H3. The van der Waals surface area contributed by atoms with Crippen molar-refractivity contribution in [1.29, 1.82) is 0 Å². The summed E-state index contributed by atoms with van der Waals surface area (Å²) >= 11 is 1.85. The number of para-hydroxylation sites is 1. The van der Waals surface area contributed by atoms with Gasteiger partial charge in [0.2, 0.25) is 10.0 Å². The SMILES string of the molecule is CSC1(CNc2ccccc2S(=O)(=O)N(C)C)CC1. The molecule has 1 aliphatic rings. The van der Waals surface area contributed by atoms with Gasteiger partial charge in [0.05, 0.1) is 5.69 Å². The molecule has 2 rings (SSSR count). The molecule has 1 aromatic rings. The number of nitrogens with zero attached hydrogens (tertiary/aromatic N) is 1. The van der Waals surface area contributed by atoms with Gasteiger partial charge in [0.15, 0.2) is 0 Å². The molecule has 0 unspecified atom stereocenters. The van der Waals surface area contributed by atoms with Crippen LogP contribution in [0.4, 0.5) is 5.69 Å². The fourth-order valence-electron chi connectivity index (χ4n) is 1.88. The Labute approximate surface area is 119 Å². The van der Waals surface area contributed by atoms with Gasteiger partial charge in [-0.25, -0.2) is 12.7 Å². The van der Waals surface area contributed by atoms with Gasteiger partial charge in [-0.3, -0.25) is 0 Å². The molecule has 4 nitrogen and oxygen atoms in total. The smallest absolute Gasteiger partial charge is 0.244 e. The van der Waals surface area contributed by atoms with Crippen molar-refractivity contribution < 1.29 is 8.42 Å². The Balaban J connectivity index is 2.22. The Hall–Kier alpha value is -0.720. The van der Waals surface area contributed by atoms with Gasteiger partial charge in [-0.1, -0.05) is 12.1 Å². The molecule has 1 fully saturated rings. The molecule has 0 bridgehead atoms. The van der Waals surface area contributed by atoms with Gasteiger partial charge in [-0.15, -0.1) is 0 Å². The van der Waals surface area contributed by atoms with E-state index in [0.29, 0.717) is 15.3 Å². The van der Waals surface area contributed by atoms with Gasteiger partial charge >= 0.3 is 0 Å². The van der Waals surface area contributed by atoms with Gasteiger partial charge in [0.25, 0.3) is 0 Å². The second-order valence-corrected chi connectivity index (χ2v) is 8.42. The summed E-state index contributed by atoms with van der Waals surface area (Å²) in [5.41, 5.74) is 0.691. The fraction of sp³-hybridized carbons (Fsp3) is 0.538. The maximum absolute atomic E-state index is 12.2. The van der Waals surface area contributed by atoms with Gasteiger partial charge in [0, 0.05) is 25.4 Å². The molecule has 0 heterocycles. The molecule has 0 spiro atoms. The van der Waals surface area contributed by atoms with Crippen LogP contribution in [0.1, 0.15) is 12.8 Å². The van der Waals surface area contributed by atoms with Crippen molar-refractivity contribution in [3.63, 3.8) is 0 Å². The van der Waals surface area contributed by atoms with Crippen molar-refractivity contribution in [2.24, 2.45) is 0 Å². The number of thioether (sulfide) groups is 1. The van der Waals surface area contributed by atoms with Gasteiger partial charge < -0.3 is 5.32 Å². The van der Waals surface area contributed by atoms with Crippen LogP contribution in [0.3, 0.4) is 0 Å². The van der Waals surface area contributed by atoms with Crippen LogP contribution in [0.2, 0.25) is 0 Å². The van der Waals surface area contributed by atoms with Crippen LogP contribution in [0.25, 0.3) is 0 Å². The van der Waals surface area contributed by atoms with E-state index >= 15 is 0 Å². The minimum absolute atomic E-state index is 0.301. The molecule has 1 aromatic carbocycles. The molecule has 0 amide bonds. The van der Waals surface area contributed by atoms with E-state index in [0.717, 1.165) is 6.54 Å². The number of rotatable bonds is 6. The molecule has 1 saturated carbocycles. The first kappa shape index (κ1) is 14.7. The van der Waals surface area contributed by atoms with Crippen LogP contribution in [0.15, 0.2) is 29.2 Å². The maximum atomic E-state index is 12.2. The zero-order chi connectivity index (χ0) is 14.1. The molecule has 19 heavy (non-hydrogen) atoms. The van der Waals surface area contributed by atoms with Crippen molar-refractivity contribution >= 4 is 27.5 Å². The normalized spacial score (nSPS) is 17.5. The van der Waals surface area contributed by atoms with Crippen LogP contribution in [0, 0.1) is 0 Å². The Morgan fingerprint density at radius 2 is 1.95 bits per heavy atom. The summed E-state index contributed by atoms with van der Waals surface area (Å²) < 4.78 is 26.0. The maximum Gasteiger partial charge on any atom is 0.244 e. The molecule has 0 radical (unpaired) electrons. The third kappa shape index (κ3) is 3.07. The van der Waals surface area contributed by atoms with Crippen molar-refractivity contribution in [3.05, 3.63) is 24.3 Å². The molecular formula is C13H20N2O2S2. The Morgan fingerprint density at radius 1 is 1.32 bits per heavy atom. The number of hydrogen-bond acceptors (Lipinski definition) is 4. The molecule has 0 atom stereocenters. The number of sulfonamides is 1. The second-order valence-electron chi connectivity index (χ2n) is 5.02. The average Bonchev–Trinajstić information content (AvgIpc) is 3.17. The lowest BCUT2D eigenvalue weighted by Gasteiger charge is -2.18. The van der Waals surface area contributed by atoms with Crippen LogP contribution in [-0.4, -0.2) is 44.4 Å². The minimum Gasteiger partial charge on any atom is -0.383 e.